The Bertz CT molecular complexity index is 1600. The SMILES string of the molecule is C=C(c1cc2c(cc1C=O)CN(CC(CCC)CCC(C)C)C2)C(C)C.CC.CC=O.CCC(=O)CCC(C)C(C)=O.C\C=C(C)/C=C\C(=C/C)N1CCC2(CC1)CC(C)N(C)C2. The average Bonchev–Trinajstić information content (AvgIpc) is 3.79. The second-order valence-electron chi connectivity index (χ2n) is 19.0. The van der Waals surface area contributed by atoms with Crippen LogP contribution in [-0.2, 0) is 27.5 Å². The van der Waals surface area contributed by atoms with E-state index in [1.165, 1.54) is 100 Å². The van der Waals surface area contributed by atoms with Crippen molar-refractivity contribution in [3.05, 3.63) is 76.5 Å². The maximum atomic E-state index is 11.6. The summed E-state index contributed by atoms with van der Waals surface area (Å²) in [5.41, 5.74) is 8.91. The van der Waals surface area contributed by atoms with Crippen molar-refractivity contribution in [2.45, 2.75) is 187 Å². The number of fused-ring (bicyclic) bond motifs is 1. The van der Waals surface area contributed by atoms with Crippen LogP contribution in [-0.4, -0.2) is 78.1 Å². The number of nitrogens with zero attached hydrogens (tertiary/aromatic N) is 3. The fourth-order valence-corrected chi connectivity index (χ4v) is 8.61. The van der Waals surface area contributed by atoms with Crippen molar-refractivity contribution in [1.29, 1.82) is 0 Å². The highest BCUT2D eigenvalue weighted by atomic mass is 16.1. The highest BCUT2D eigenvalue weighted by molar-refractivity contribution is 5.86. The molecule has 0 saturated carbocycles. The number of benzene rings is 1. The van der Waals surface area contributed by atoms with E-state index in [1.54, 1.807) is 6.92 Å². The Morgan fingerprint density at radius 2 is 1.46 bits per heavy atom. The number of carbonyl (C=O) groups excluding carboxylic acids is 4. The van der Waals surface area contributed by atoms with Crippen LogP contribution in [0.3, 0.4) is 0 Å². The number of hydrogen-bond donors (Lipinski definition) is 0. The normalized spacial score (nSPS) is 18.3. The molecule has 0 bridgehead atoms. The van der Waals surface area contributed by atoms with E-state index in [1.807, 2.05) is 27.7 Å². The third-order valence-electron chi connectivity index (χ3n) is 13.2. The second-order valence-corrected chi connectivity index (χ2v) is 19.0. The van der Waals surface area contributed by atoms with Gasteiger partial charge in [0.15, 0.2) is 6.29 Å². The first-order valence-corrected chi connectivity index (χ1v) is 24.7. The molecule has 2 fully saturated rings. The summed E-state index contributed by atoms with van der Waals surface area (Å²) in [4.78, 5) is 49.6. The summed E-state index contributed by atoms with van der Waals surface area (Å²) in [6.07, 6.45) is 21.8. The van der Waals surface area contributed by atoms with E-state index < -0.39 is 0 Å². The zero-order valence-corrected chi connectivity index (χ0v) is 43.5. The van der Waals surface area contributed by atoms with E-state index in [9.17, 15) is 14.4 Å². The fraction of sp³-hybridized carbons (Fsp3) is 0.679. The maximum Gasteiger partial charge on any atom is 0.150 e. The summed E-state index contributed by atoms with van der Waals surface area (Å²) in [7, 11) is 2.28. The summed E-state index contributed by atoms with van der Waals surface area (Å²) in [6, 6.07) is 5.09. The Hall–Kier alpha value is -3.42. The van der Waals surface area contributed by atoms with Crippen LogP contribution in [0.1, 0.15) is 195 Å². The summed E-state index contributed by atoms with van der Waals surface area (Å²) >= 11 is 0. The summed E-state index contributed by atoms with van der Waals surface area (Å²) < 4.78 is 0. The quantitative estimate of drug-likeness (QED) is 0.107. The van der Waals surface area contributed by atoms with E-state index in [2.05, 4.69) is 127 Å². The smallest absolute Gasteiger partial charge is 0.150 e. The third kappa shape index (κ3) is 21.9. The standard InChI is InChI=1S/C24H37NO.C19H32N2.C9H16O2.C2H4O.C2H6/c1-7-8-20(10-9-17(2)3)13-25-14-21-11-23(16-26)24(12-22(21)15-25)19(6)18(4)5;1-6-16(3)8-9-18(7-2)21-12-10-19(11-13-21)14-17(4)20(5)15-19;1-4-9(11)6-5-7(2)8(3)10;1-2-3;1-2/h11-12,16-18,20H,6-10,13-15H2,1-5H3;6-9,17H,10-15H2,1-5H3;7H,4-6H2,1-3H3;2H,1H3;1-2H3/b;9-8-,16-6-,18-7+;;;. The first kappa shape index (κ1) is 59.6. The third-order valence-corrected chi connectivity index (χ3v) is 13.2. The molecule has 63 heavy (non-hydrogen) atoms. The van der Waals surface area contributed by atoms with Gasteiger partial charge in [0.25, 0.3) is 0 Å². The minimum Gasteiger partial charge on any atom is -0.372 e. The predicted molar refractivity (Wildman–Crippen MR) is 272 cm³/mol. The average molecular weight is 874 g/mol. The van der Waals surface area contributed by atoms with Gasteiger partial charge in [-0.3, -0.25) is 19.3 Å². The number of ketones is 2. The van der Waals surface area contributed by atoms with Gasteiger partial charge in [-0.25, -0.2) is 0 Å². The molecule has 3 atom stereocenters. The van der Waals surface area contributed by atoms with Crippen molar-refractivity contribution in [2.75, 3.05) is 33.2 Å². The molecule has 1 aromatic rings. The van der Waals surface area contributed by atoms with Crippen LogP contribution in [0.4, 0.5) is 0 Å². The number of allylic oxidation sites excluding steroid dienone is 6. The predicted octanol–water partition coefficient (Wildman–Crippen LogP) is 13.8. The minimum absolute atomic E-state index is 0.0468. The monoisotopic (exact) mass is 874 g/mol. The molecule has 0 radical (unpaired) electrons. The van der Waals surface area contributed by atoms with Crippen molar-refractivity contribution >= 4 is 29.7 Å². The van der Waals surface area contributed by atoms with E-state index in [4.69, 9.17) is 4.79 Å². The van der Waals surface area contributed by atoms with Gasteiger partial charge in [-0.2, -0.15) is 0 Å². The zero-order valence-electron chi connectivity index (χ0n) is 43.5. The number of likely N-dealkylation sites (tertiary alicyclic amines) is 2. The molecule has 7 heteroatoms. The Morgan fingerprint density at radius 3 is 1.90 bits per heavy atom. The highest BCUT2D eigenvalue weighted by Gasteiger charge is 2.42. The summed E-state index contributed by atoms with van der Waals surface area (Å²) in [5, 5.41) is 0. The topological polar surface area (TPSA) is 78.0 Å². The van der Waals surface area contributed by atoms with Crippen molar-refractivity contribution < 1.29 is 19.2 Å². The molecule has 0 aromatic heterocycles. The number of hydrogen-bond acceptors (Lipinski definition) is 7. The molecule has 3 heterocycles. The Labute approximate surface area is 388 Å². The summed E-state index contributed by atoms with van der Waals surface area (Å²) in [5.74, 6) is 2.39. The van der Waals surface area contributed by atoms with E-state index in [0.717, 1.165) is 60.2 Å². The molecule has 3 unspecified atom stereocenters. The number of aldehydes is 2. The lowest BCUT2D eigenvalue weighted by Crippen LogP contribution is -2.40. The first-order chi connectivity index (χ1) is 29.8. The molecule has 7 nitrogen and oxygen atoms in total. The van der Waals surface area contributed by atoms with Crippen LogP contribution in [0.2, 0.25) is 0 Å². The minimum atomic E-state index is 0.0468. The van der Waals surface area contributed by atoms with Gasteiger partial charge in [-0.05, 0) is 151 Å². The molecule has 3 aliphatic rings. The van der Waals surface area contributed by atoms with E-state index in [-0.39, 0.29) is 17.5 Å². The number of Topliss-reactive ketones (excluding diaryl/α,β-unsaturated/α-hetero) is 2. The molecule has 3 aliphatic heterocycles. The van der Waals surface area contributed by atoms with E-state index >= 15 is 0 Å². The van der Waals surface area contributed by atoms with Crippen molar-refractivity contribution in [3.63, 3.8) is 0 Å². The van der Waals surface area contributed by atoms with Crippen molar-refractivity contribution in [2.24, 2.45) is 29.1 Å². The van der Waals surface area contributed by atoms with Crippen molar-refractivity contribution in [1.82, 2.24) is 14.7 Å². The molecule has 358 valence electrons. The highest BCUT2D eigenvalue weighted by Crippen LogP contribution is 2.43. The maximum absolute atomic E-state index is 11.6. The molecule has 1 aromatic carbocycles. The van der Waals surface area contributed by atoms with Crippen LogP contribution in [0, 0.1) is 29.1 Å². The number of piperidine rings is 1. The molecular weight excluding hydrogens is 779 g/mol. The fourth-order valence-electron chi connectivity index (χ4n) is 8.61. The van der Waals surface area contributed by atoms with Gasteiger partial charge in [0.05, 0.1) is 0 Å². The first-order valence-electron chi connectivity index (χ1n) is 24.7. The molecular formula is C56H95N3O4. The molecule has 4 rings (SSSR count). The Balaban J connectivity index is 0.000000927. The summed E-state index contributed by atoms with van der Waals surface area (Å²) in [6.45, 7) is 41.8. The van der Waals surface area contributed by atoms with Gasteiger partial charge in [-0.1, -0.05) is 106 Å². The van der Waals surface area contributed by atoms with Gasteiger partial charge in [0.2, 0.25) is 0 Å². The van der Waals surface area contributed by atoms with Gasteiger partial charge in [-0.15, -0.1) is 0 Å². The van der Waals surface area contributed by atoms with Crippen LogP contribution < -0.4 is 0 Å². The van der Waals surface area contributed by atoms with Crippen LogP contribution in [0.5, 0.6) is 0 Å². The van der Waals surface area contributed by atoms with E-state index in [0.29, 0.717) is 30.6 Å². The molecule has 1 spiro atoms. The van der Waals surface area contributed by atoms with Gasteiger partial charge >= 0.3 is 0 Å². The van der Waals surface area contributed by atoms with Crippen LogP contribution in [0.15, 0.2) is 54.3 Å². The number of carbonyl (C=O) groups is 4. The van der Waals surface area contributed by atoms with Gasteiger partial charge in [0, 0.05) is 75.3 Å². The van der Waals surface area contributed by atoms with Gasteiger partial charge in [0.1, 0.15) is 17.9 Å². The Kier molecular flexibility index (Phi) is 30.5. The Morgan fingerprint density at radius 1 is 0.873 bits per heavy atom. The van der Waals surface area contributed by atoms with Crippen molar-refractivity contribution in [3.8, 4) is 0 Å². The molecule has 0 aliphatic carbocycles. The lowest BCUT2D eigenvalue weighted by atomic mass is 9.76. The lowest BCUT2D eigenvalue weighted by molar-refractivity contribution is -0.121. The van der Waals surface area contributed by atoms with Crippen LogP contribution in [0.25, 0.3) is 5.57 Å². The molecule has 2 saturated heterocycles. The molecule has 0 amide bonds. The van der Waals surface area contributed by atoms with Gasteiger partial charge < -0.3 is 14.6 Å². The van der Waals surface area contributed by atoms with Crippen LogP contribution >= 0.6 is 0 Å². The zero-order chi connectivity index (χ0) is 48.3. The lowest BCUT2D eigenvalue weighted by Gasteiger charge is -2.40. The second kappa shape index (κ2) is 32.3. The largest absolute Gasteiger partial charge is 0.372 e. The molecule has 0 N–H and O–H groups in total. The number of rotatable bonds is 18.